The number of aromatic nitrogens is 4. The van der Waals surface area contributed by atoms with Crippen LogP contribution in [0.5, 0.6) is 6.01 Å². The fraction of sp³-hybridized carbons (Fsp3) is 0.235. The number of benzene rings is 1. The Balaban J connectivity index is 1.93. The van der Waals surface area contributed by atoms with Gasteiger partial charge in [0.15, 0.2) is 0 Å². The molecule has 0 unspecified atom stereocenters. The van der Waals surface area contributed by atoms with Crippen LogP contribution in [0, 0.1) is 5.82 Å². The minimum absolute atomic E-state index is 0.283. The molecular formula is C17H15FN4O. The standard InChI is InChI=1S/C17H15FN4O/c1-23-17-19-9-8-14(21-17)16-15(12-4-2-3-5-13(12)18)20-10-22(16)11-6-7-11/h2-5,8-11H,6-7H2,1H3. The van der Waals surface area contributed by atoms with E-state index in [0.717, 1.165) is 18.5 Å². The van der Waals surface area contributed by atoms with Gasteiger partial charge in [0, 0.05) is 17.8 Å². The van der Waals surface area contributed by atoms with Gasteiger partial charge >= 0.3 is 6.01 Å². The van der Waals surface area contributed by atoms with E-state index in [-0.39, 0.29) is 11.8 Å². The first kappa shape index (κ1) is 13.9. The van der Waals surface area contributed by atoms with Gasteiger partial charge < -0.3 is 9.30 Å². The highest BCUT2D eigenvalue weighted by Crippen LogP contribution is 2.41. The molecule has 0 amide bonds. The third kappa shape index (κ3) is 2.46. The van der Waals surface area contributed by atoms with Crippen molar-refractivity contribution >= 4 is 0 Å². The molecule has 0 N–H and O–H groups in total. The minimum atomic E-state index is -0.296. The molecule has 0 spiro atoms. The van der Waals surface area contributed by atoms with Crippen LogP contribution in [0.3, 0.4) is 0 Å². The Morgan fingerprint density at radius 3 is 2.74 bits per heavy atom. The van der Waals surface area contributed by atoms with E-state index >= 15 is 0 Å². The van der Waals surface area contributed by atoms with E-state index in [1.54, 1.807) is 36.8 Å². The fourth-order valence-electron chi connectivity index (χ4n) is 2.67. The predicted octanol–water partition coefficient (Wildman–Crippen LogP) is 3.49. The smallest absolute Gasteiger partial charge is 0.316 e. The van der Waals surface area contributed by atoms with Crippen molar-refractivity contribution in [3.05, 3.63) is 48.7 Å². The lowest BCUT2D eigenvalue weighted by atomic mass is 10.1. The number of methoxy groups -OCH3 is 1. The Kier molecular flexibility index (Phi) is 3.29. The molecule has 2 aromatic heterocycles. The number of hydrogen-bond acceptors (Lipinski definition) is 4. The molecule has 4 rings (SSSR count). The van der Waals surface area contributed by atoms with Crippen molar-refractivity contribution in [2.75, 3.05) is 7.11 Å². The van der Waals surface area contributed by atoms with Crippen LogP contribution >= 0.6 is 0 Å². The molecule has 2 heterocycles. The van der Waals surface area contributed by atoms with Crippen molar-refractivity contribution in [3.63, 3.8) is 0 Å². The number of halogens is 1. The summed E-state index contributed by atoms with van der Waals surface area (Å²) in [6.45, 7) is 0. The third-order valence-electron chi connectivity index (χ3n) is 3.92. The van der Waals surface area contributed by atoms with Crippen molar-refractivity contribution in [2.24, 2.45) is 0 Å². The van der Waals surface area contributed by atoms with Crippen LogP contribution in [0.2, 0.25) is 0 Å². The SMILES string of the molecule is COc1nccc(-c2c(-c3ccccc3F)ncn2C2CC2)n1. The van der Waals surface area contributed by atoms with Gasteiger partial charge in [0.2, 0.25) is 0 Å². The summed E-state index contributed by atoms with van der Waals surface area (Å²) in [5.41, 5.74) is 2.55. The predicted molar refractivity (Wildman–Crippen MR) is 83.5 cm³/mol. The van der Waals surface area contributed by atoms with Gasteiger partial charge in [0.05, 0.1) is 24.8 Å². The van der Waals surface area contributed by atoms with Crippen molar-refractivity contribution in [2.45, 2.75) is 18.9 Å². The summed E-state index contributed by atoms with van der Waals surface area (Å²) in [7, 11) is 1.52. The lowest BCUT2D eigenvalue weighted by Crippen LogP contribution is -2.00. The largest absolute Gasteiger partial charge is 0.467 e. The number of nitrogens with zero attached hydrogens (tertiary/aromatic N) is 4. The van der Waals surface area contributed by atoms with E-state index < -0.39 is 0 Å². The maximum absolute atomic E-state index is 14.2. The number of hydrogen-bond donors (Lipinski definition) is 0. The van der Waals surface area contributed by atoms with Crippen LogP contribution in [0.1, 0.15) is 18.9 Å². The summed E-state index contributed by atoms with van der Waals surface area (Å²) in [5, 5.41) is 0. The highest BCUT2D eigenvalue weighted by atomic mass is 19.1. The van der Waals surface area contributed by atoms with Crippen LogP contribution in [-0.4, -0.2) is 26.6 Å². The Bertz CT molecular complexity index is 857. The fourth-order valence-corrected chi connectivity index (χ4v) is 2.67. The molecule has 116 valence electrons. The summed E-state index contributed by atoms with van der Waals surface area (Å²) in [5.74, 6) is -0.296. The molecule has 3 aromatic rings. The van der Waals surface area contributed by atoms with Gasteiger partial charge in [-0.2, -0.15) is 4.98 Å². The van der Waals surface area contributed by atoms with Crippen molar-refractivity contribution < 1.29 is 9.13 Å². The summed E-state index contributed by atoms with van der Waals surface area (Å²) < 4.78 is 21.4. The van der Waals surface area contributed by atoms with E-state index in [9.17, 15) is 4.39 Å². The van der Waals surface area contributed by atoms with Crippen molar-refractivity contribution in [1.82, 2.24) is 19.5 Å². The lowest BCUT2D eigenvalue weighted by molar-refractivity contribution is 0.380. The first-order valence-electron chi connectivity index (χ1n) is 7.47. The molecule has 1 aliphatic carbocycles. The molecule has 1 aliphatic rings. The van der Waals surface area contributed by atoms with Crippen LogP contribution in [-0.2, 0) is 0 Å². The van der Waals surface area contributed by atoms with Crippen molar-refractivity contribution in [1.29, 1.82) is 0 Å². The summed E-state index contributed by atoms with van der Waals surface area (Å²) >= 11 is 0. The molecule has 0 saturated heterocycles. The monoisotopic (exact) mass is 310 g/mol. The van der Waals surface area contributed by atoms with Crippen LogP contribution in [0.25, 0.3) is 22.6 Å². The molecule has 0 aliphatic heterocycles. The molecular weight excluding hydrogens is 295 g/mol. The average molecular weight is 310 g/mol. The van der Waals surface area contributed by atoms with E-state index in [4.69, 9.17) is 4.74 Å². The Morgan fingerprint density at radius 1 is 1.17 bits per heavy atom. The molecule has 1 fully saturated rings. The molecule has 0 radical (unpaired) electrons. The quantitative estimate of drug-likeness (QED) is 0.740. The lowest BCUT2D eigenvalue weighted by Gasteiger charge is -2.10. The van der Waals surface area contributed by atoms with E-state index in [2.05, 4.69) is 19.5 Å². The third-order valence-corrected chi connectivity index (χ3v) is 3.92. The molecule has 1 saturated carbocycles. The van der Waals surface area contributed by atoms with Gasteiger partial charge in [-0.15, -0.1) is 0 Å². The van der Waals surface area contributed by atoms with Crippen LogP contribution in [0.15, 0.2) is 42.9 Å². The minimum Gasteiger partial charge on any atom is -0.467 e. The second-order valence-electron chi connectivity index (χ2n) is 5.49. The zero-order valence-electron chi connectivity index (χ0n) is 12.6. The van der Waals surface area contributed by atoms with Crippen molar-refractivity contribution in [3.8, 4) is 28.7 Å². The zero-order valence-corrected chi connectivity index (χ0v) is 12.6. The maximum Gasteiger partial charge on any atom is 0.316 e. The van der Waals surface area contributed by atoms with E-state index in [0.29, 0.717) is 23.0 Å². The summed E-state index contributed by atoms with van der Waals surface area (Å²) in [4.78, 5) is 12.9. The molecule has 23 heavy (non-hydrogen) atoms. The highest BCUT2D eigenvalue weighted by molar-refractivity contribution is 5.77. The van der Waals surface area contributed by atoms with Gasteiger partial charge in [0.1, 0.15) is 11.5 Å². The molecule has 6 heteroatoms. The van der Waals surface area contributed by atoms with E-state index in [1.165, 1.54) is 13.2 Å². The Labute approximate surface area is 132 Å². The first-order valence-corrected chi connectivity index (χ1v) is 7.47. The average Bonchev–Trinajstić information content (AvgIpc) is 3.34. The van der Waals surface area contributed by atoms with Gasteiger partial charge in [-0.25, -0.2) is 14.4 Å². The molecule has 1 aromatic carbocycles. The number of rotatable bonds is 4. The first-order chi connectivity index (χ1) is 11.3. The van der Waals surface area contributed by atoms with Crippen LogP contribution in [0.4, 0.5) is 4.39 Å². The zero-order chi connectivity index (χ0) is 15.8. The summed E-state index contributed by atoms with van der Waals surface area (Å²) in [6.07, 6.45) is 5.60. The Morgan fingerprint density at radius 2 is 2.00 bits per heavy atom. The normalized spacial score (nSPS) is 14.0. The van der Waals surface area contributed by atoms with Gasteiger partial charge in [-0.3, -0.25) is 0 Å². The Hall–Kier alpha value is -2.76. The maximum atomic E-state index is 14.2. The van der Waals surface area contributed by atoms with Crippen LogP contribution < -0.4 is 4.74 Å². The molecule has 0 atom stereocenters. The van der Waals surface area contributed by atoms with E-state index in [1.807, 2.05) is 0 Å². The van der Waals surface area contributed by atoms with Gasteiger partial charge in [0.25, 0.3) is 0 Å². The van der Waals surface area contributed by atoms with Gasteiger partial charge in [-0.05, 0) is 31.0 Å². The van der Waals surface area contributed by atoms with Gasteiger partial charge in [-0.1, -0.05) is 12.1 Å². The molecule has 0 bridgehead atoms. The summed E-state index contributed by atoms with van der Waals surface area (Å²) in [6, 6.07) is 9.13. The molecule has 5 nitrogen and oxygen atoms in total. The second kappa shape index (κ2) is 5.46. The highest BCUT2D eigenvalue weighted by Gasteiger charge is 2.29. The topological polar surface area (TPSA) is 52.8 Å². The number of imidazole rings is 1. The second-order valence-corrected chi connectivity index (χ2v) is 5.49. The number of ether oxygens (including phenoxy) is 1.